The Morgan fingerprint density at radius 1 is 1.32 bits per heavy atom. The summed E-state index contributed by atoms with van der Waals surface area (Å²) in [6.07, 6.45) is -3.51. The van der Waals surface area contributed by atoms with Crippen molar-refractivity contribution in [3.8, 4) is 0 Å². The molecule has 0 saturated heterocycles. The third kappa shape index (κ3) is 3.67. The Kier molecular flexibility index (Phi) is 5.20. The van der Waals surface area contributed by atoms with Crippen LogP contribution in [-0.2, 0) is 25.0 Å². The van der Waals surface area contributed by atoms with Crippen molar-refractivity contribution in [2.24, 2.45) is 14.1 Å². The van der Waals surface area contributed by atoms with Crippen molar-refractivity contribution < 1.29 is 27.5 Å². The number of alkyl halides is 3. The first-order valence-electron chi connectivity index (χ1n) is 6.88. The number of aromatic nitrogens is 4. The molecular weight excluding hydrogens is 411 g/mol. The highest BCUT2D eigenvalue weighted by Gasteiger charge is 2.39. The van der Waals surface area contributed by atoms with E-state index in [9.17, 15) is 22.8 Å². The monoisotopic (exact) mass is 423 g/mol. The quantitative estimate of drug-likeness (QED) is 0.762. The van der Waals surface area contributed by atoms with Crippen LogP contribution in [0.25, 0.3) is 0 Å². The van der Waals surface area contributed by atoms with Crippen molar-refractivity contribution in [3.05, 3.63) is 27.6 Å². The van der Waals surface area contributed by atoms with E-state index >= 15 is 0 Å². The van der Waals surface area contributed by atoms with Crippen molar-refractivity contribution in [1.82, 2.24) is 19.6 Å². The molecule has 25 heavy (non-hydrogen) atoms. The van der Waals surface area contributed by atoms with Crippen molar-refractivity contribution >= 4 is 33.6 Å². The zero-order valence-corrected chi connectivity index (χ0v) is 14.9. The predicted molar refractivity (Wildman–Crippen MR) is 83.0 cm³/mol. The van der Waals surface area contributed by atoms with Gasteiger partial charge in [-0.3, -0.25) is 14.2 Å². The van der Waals surface area contributed by atoms with Gasteiger partial charge >= 0.3 is 12.1 Å². The molecule has 0 aliphatic rings. The molecule has 2 rings (SSSR count). The molecule has 1 N–H and O–H groups in total. The van der Waals surface area contributed by atoms with E-state index in [0.29, 0.717) is 4.68 Å². The lowest BCUT2D eigenvalue weighted by molar-refractivity contribution is -0.144. The highest BCUT2D eigenvalue weighted by Crippen LogP contribution is 2.36. The molecule has 0 unspecified atom stereocenters. The minimum absolute atomic E-state index is 0.0189. The second kappa shape index (κ2) is 6.86. The summed E-state index contributed by atoms with van der Waals surface area (Å²) in [6.45, 7) is 1.72. The molecule has 0 aromatic carbocycles. The van der Waals surface area contributed by atoms with Gasteiger partial charge < -0.3 is 10.1 Å². The van der Waals surface area contributed by atoms with Crippen LogP contribution in [0, 0.1) is 0 Å². The van der Waals surface area contributed by atoms with Crippen LogP contribution >= 0.6 is 15.9 Å². The van der Waals surface area contributed by atoms with Gasteiger partial charge in [-0.1, -0.05) is 0 Å². The highest BCUT2D eigenvalue weighted by atomic mass is 79.9. The molecule has 0 fully saturated rings. The summed E-state index contributed by atoms with van der Waals surface area (Å²) in [5.41, 5.74) is -1.61. The number of halogens is 4. The second-order valence-corrected chi connectivity index (χ2v) is 5.63. The minimum Gasteiger partial charge on any atom is -0.462 e. The zero-order chi connectivity index (χ0) is 18.9. The normalized spacial score (nSPS) is 11.5. The van der Waals surface area contributed by atoms with Crippen molar-refractivity contribution in [1.29, 1.82) is 0 Å². The van der Waals surface area contributed by atoms with Crippen LogP contribution in [0.1, 0.15) is 33.5 Å². The van der Waals surface area contributed by atoms with Gasteiger partial charge in [0.1, 0.15) is 11.4 Å². The molecule has 0 atom stereocenters. The lowest BCUT2D eigenvalue weighted by Crippen LogP contribution is -2.18. The molecule has 0 aliphatic carbocycles. The average Bonchev–Trinajstić information content (AvgIpc) is 2.99. The van der Waals surface area contributed by atoms with E-state index in [-0.39, 0.29) is 18.0 Å². The van der Waals surface area contributed by atoms with E-state index in [2.05, 4.69) is 31.4 Å². The standard InChI is InChI=1S/C13H13BrF3N5O3/c1-4-25-12(24)6-5-18-22(3)10(6)19-11(23)8-7(14)9(13(15,16)17)21(2)20-8/h5H,4H2,1-3H3,(H,19,23). The average molecular weight is 424 g/mol. The maximum atomic E-state index is 13.0. The summed E-state index contributed by atoms with van der Waals surface area (Å²) in [6, 6.07) is 0. The molecule has 0 bridgehead atoms. The largest absolute Gasteiger partial charge is 0.462 e. The summed E-state index contributed by atoms with van der Waals surface area (Å²) in [5.74, 6) is -1.68. The van der Waals surface area contributed by atoms with Gasteiger partial charge in [0.15, 0.2) is 11.4 Å². The molecule has 136 valence electrons. The van der Waals surface area contributed by atoms with Crippen LogP contribution in [-0.4, -0.2) is 38.0 Å². The zero-order valence-electron chi connectivity index (χ0n) is 13.3. The third-order valence-electron chi connectivity index (χ3n) is 3.14. The van der Waals surface area contributed by atoms with Gasteiger partial charge in [-0.15, -0.1) is 0 Å². The number of amides is 1. The van der Waals surface area contributed by atoms with Gasteiger partial charge in [0, 0.05) is 14.1 Å². The van der Waals surface area contributed by atoms with Gasteiger partial charge in [0.05, 0.1) is 17.3 Å². The van der Waals surface area contributed by atoms with Crippen LogP contribution in [0.2, 0.25) is 0 Å². The van der Waals surface area contributed by atoms with Crippen LogP contribution in [0.5, 0.6) is 0 Å². The molecule has 12 heteroatoms. The fourth-order valence-corrected chi connectivity index (χ4v) is 2.80. The number of hydrogen-bond donors (Lipinski definition) is 1. The van der Waals surface area contributed by atoms with E-state index in [1.165, 1.54) is 17.9 Å². The van der Waals surface area contributed by atoms with Gasteiger partial charge in [-0.25, -0.2) is 4.79 Å². The van der Waals surface area contributed by atoms with Gasteiger partial charge in [-0.2, -0.15) is 23.4 Å². The van der Waals surface area contributed by atoms with E-state index in [0.717, 1.165) is 7.05 Å². The maximum Gasteiger partial charge on any atom is 0.434 e. The number of rotatable bonds is 4. The van der Waals surface area contributed by atoms with E-state index in [4.69, 9.17) is 4.74 Å². The van der Waals surface area contributed by atoms with Gasteiger partial charge in [0.2, 0.25) is 0 Å². The van der Waals surface area contributed by atoms with Crippen molar-refractivity contribution in [3.63, 3.8) is 0 Å². The number of esters is 1. The smallest absolute Gasteiger partial charge is 0.434 e. The summed E-state index contributed by atoms with van der Waals surface area (Å²) in [5, 5.41) is 9.76. The Morgan fingerprint density at radius 3 is 2.48 bits per heavy atom. The highest BCUT2D eigenvalue weighted by molar-refractivity contribution is 9.10. The van der Waals surface area contributed by atoms with Crippen LogP contribution in [0.15, 0.2) is 10.7 Å². The van der Waals surface area contributed by atoms with Crippen LogP contribution in [0.4, 0.5) is 19.0 Å². The fraction of sp³-hybridized carbons (Fsp3) is 0.385. The van der Waals surface area contributed by atoms with Crippen LogP contribution in [0.3, 0.4) is 0 Å². The Bertz CT molecular complexity index is 828. The Labute approximate surface area is 148 Å². The van der Waals surface area contributed by atoms with E-state index in [1.54, 1.807) is 6.92 Å². The second-order valence-electron chi connectivity index (χ2n) is 4.84. The van der Waals surface area contributed by atoms with Crippen molar-refractivity contribution in [2.45, 2.75) is 13.1 Å². The number of nitrogens with zero attached hydrogens (tertiary/aromatic N) is 4. The number of carbonyl (C=O) groups is 2. The predicted octanol–water partition coefficient (Wildman–Crippen LogP) is 2.36. The first kappa shape index (κ1) is 19.0. The Hall–Kier alpha value is -2.37. The van der Waals surface area contributed by atoms with E-state index in [1.807, 2.05) is 0 Å². The minimum atomic E-state index is -4.69. The molecular formula is C13H13BrF3N5O3. The van der Waals surface area contributed by atoms with Gasteiger partial charge in [0.25, 0.3) is 5.91 Å². The topological polar surface area (TPSA) is 91.0 Å². The summed E-state index contributed by atoms with van der Waals surface area (Å²) in [7, 11) is 2.52. The molecule has 8 nitrogen and oxygen atoms in total. The van der Waals surface area contributed by atoms with Crippen molar-refractivity contribution in [2.75, 3.05) is 11.9 Å². The first-order valence-corrected chi connectivity index (χ1v) is 7.67. The van der Waals surface area contributed by atoms with E-state index < -0.39 is 33.9 Å². The Morgan fingerprint density at radius 2 is 1.96 bits per heavy atom. The number of nitrogens with one attached hydrogen (secondary N) is 1. The molecule has 0 radical (unpaired) electrons. The number of carbonyl (C=O) groups excluding carboxylic acids is 2. The van der Waals surface area contributed by atoms with Crippen LogP contribution < -0.4 is 5.32 Å². The molecule has 2 heterocycles. The molecule has 0 saturated carbocycles. The molecule has 0 aliphatic heterocycles. The summed E-state index contributed by atoms with van der Waals surface area (Å²) in [4.78, 5) is 24.2. The first-order chi connectivity index (χ1) is 11.6. The number of aryl methyl sites for hydroxylation is 2. The lowest BCUT2D eigenvalue weighted by Gasteiger charge is -2.07. The molecule has 2 aromatic rings. The number of ether oxygens (including phenoxy) is 1. The molecule has 0 spiro atoms. The Balaban J connectivity index is 2.36. The van der Waals surface area contributed by atoms with Gasteiger partial charge in [-0.05, 0) is 22.9 Å². The number of anilines is 1. The number of hydrogen-bond acceptors (Lipinski definition) is 5. The SMILES string of the molecule is CCOC(=O)c1cnn(C)c1NC(=O)c1nn(C)c(C(F)(F)F)c1Br. The molecule has 2 aromatic heterocycles. The lowest BCUT2D eigenvalue weighted by atomic mass is 10.3. The summed E-state index contributed by atoms with van der Waals surface area (Å²) < 4.78 is 45.0. The molecule has 1 amide bonds. The summed E-state index contributed by atoms with van der Waals surface area (Å²) >= 11 is 2.76. The maximum absolute atomic E-state index is 13.0. The third-order valence-corrected chi connectivity index (χ3v) is 3.89. The fourth-order valence-electron chi connectivity index (χ4n) is 2.06.